The van der Waals surface area contributed by atoms with Gasteiger partial charge >= 0.3 is 0 Å². The van der Waals surface area contributed by atoms with Gasteiger partial charge in [-0.2, -0.15) is 0 Å². The lowest BCUT2D eigenvalue weighted by molar-refractivity contribution is 0.190. The number of benzene rings is 1. The molecule has 136 valence electrons. The van der Waals surface area contributed by atoms with E-state index in [2.05, 4.69) is 41.8 Å². The third-order valence-corrected chi connectivity index (χ3v) is 4.23. The van der Waals surface area contributed by atoms with E-state index in [0.29, 0.717) is 6.61 Å². The summed E-state index contributed by atoms with van der Waals surface area (Å²) in [5, 5.41) is 6.97. The summed E-state index contributed by atoms with van der Waals surface area (Å²) in [4.78, 5) is 9.70. The van der Waals surface area contributed by atoms with Gasteiger partial charge in [-0.3, -0.25) is 0 Å². The van der Waals surface area contributed by atoms with Crippen molar-refractivity contribution in [1.82, 2.24) is 15.3 Å². The lowest BCUT2D eigenvalue weighted by Crippen LogP contribution is -2.24. The van der Waals surface area contributed by atoms with E-state index in [-0.39, 0.29) is 18.4 Å². The number of rotatable bonds is 6. The Labute approximate surface area is 156 Å². The highest BCUT2D eigenvalue weighted by Crippen LogP contribution is 2.21. The third-order valence-electron chi connectivity index (χ3n) is 4.23. The first-order valence-electron chi connectivity index (χ1n) is 8.65. The molecule has 1 unspecified atom stereocenters. The third kappa shape index (κ3) is 5.39. The molecule has 0 aliphatic carbocycles. The van der Waals surface area contributed by atoms with Crippen LogP contribution < -0.4 is 10.6 Å². The number of hydrogen-bond acceptors (Lipinski definition) is 5. The lowest BCUT2D eigenvalue weighted by atomic mass is 10.1. The summed E-state index contributed by atoms with van der Waals surface area (Å²) in [6.07, 6.45) is 2.67. The van der Waals surface area contributed by atoms with E-state index < -0.39 is 0 Å². The minimum atomic E-state index is 0. The van der Waals surface area contributed by atoms with Crippen LogP contribution in [0.3, 0.4) is 0 Å². The summed E-state index contributed by atoms with van der Waals surface area (Å²) in [6, 6.07) is 10.6. The number of aromatic nitrogens is 2. The van der Waals surface area contributed by atoms with Crippen LogP contribution >= 0.6 is 12.4 Å². The second-order valence-corrected chi connectivity index (χ2v) is 6.33. The largest absolute Gasteiger partial charge is 0.383 e. The maximum Gasteiger partial charge on any atom is 0.135 e. The van der Waals surface area contributed by atoms with Gasteiger partial charge in [0.05, 0.1) is 12.3 Å². The number of ether oxygens (including phenoxy) is 1. The van der Waals surface area contributed by atoms with Gasteiger partial charge < -0.3 is 15.4 Å². The van der Waals surface area contributed by atoms with Gasteiger partial charge in [0, 0.05) is 38.1 Å². The number of halogens is 1. The maximum absolute atomic E-state index is 5.25. The van der Waals surface area contributed by atoms with Crippen molar-refractivity contribution in [3.63, 3.8) is 0 Å². The van der Waals surface area contributed by atoms with E-state index in [9.17, 15) is 0 Å². The number of nitrogens with one attached hydrogen (secondary N) is 2. The summed E-state index contributed by atoms with van der Waals surface area (Å²) < 4.78 is 5.25. The Morgan fingerprint density at radius 1 is 1.16 bits per heavy atom. The van der Waals surface area contributed by atoms with E-state index in [0.717, 1.165) is 44.0 Å². The monoisotopic (exact) mass is 362 g/mol. The first kappa shape index (κ1) is 19.6. The molecule has 0 spiro atoms. The van der Waals surface area contributed by atoms with E-state index in [1.54, 1.807) is 7.11 Å². The molecule has 2 aromatic rings. The molecule has 1 aromatic heterocycles. The quantitative estimate of drug-likeness (QED) is 0.827. The molecule has 0 radical (unpaired) electrons. The first-order chi connectivity index (χ1) is 11.8. The fraction of sp³-hybridized carbons (Fsp3) is 0.474. The average molecular weight is 363 g/mol. The highest BCUT2D eigenvalue weighted by molar-refractivity contribution is 5.85. The van der Waals surface area contributed by atoms with Gasteiger partial charge in [-0.15, -0.1) is 12.4 Å². The van der Waals surface area contributed by atoms with Crippen LogP contribution in [0.2, 0.25) is 0 Å². The predicted molar refractivity (Wildman–Crippen MR) is 104 cm³/mol. The zero-order chi connectivity index (χ0) is 16.8. The van der Waals surface area contributed by atoms with E-state index >= 15 is 0 Å². The second-order valence-electron chi connectivity index (χ2n) is 6.33. The summed E-state index contributed by atoms with van der Waals surface area (Å²) >= 11 is 0. The van der Waals surface area contributed by atoms with Crippen molar-refractivity contribution in [3.8, 4) is 0 Å². The Hall–Kier alpha value is -1.69. The van der Waals surface area contributed by atoms with Gasteiger partial charge in [0.1, 0.15) is 11.6 Å². The Morgan fingerprint density at radius 3 is 2.68 bits per heavy atom. The molecule has 2 N–H and O–H groups in total. The molecule has 1 aliphatic heterocycles. The van der Waals surface area contributed by atoms with Crippen LogP contribution in [0, 0.1) is 0 Å². The molecule has 5 nitrogen and oxygen atoms in total. The first-order valence-corrected chi connectivity index (χ1v) is 8.65. The maximum atomic E-state index is 5.25. The van der Waals surface area contributed by atoms with Crippen LogP contribution in [0.15, 0.2) is 30.3 Å². The van der Waals surface area contributed by atoms with E-state index in [1.807, 2.05) is 6.07 Å². The minimum absolute atomic E-state index is 0. The fourth-order valence-electron chi connectivity index (χ4n) is 3.10. The molecular weight excluding hydrogens is 336 g/mol. The normalized spacial score (nSPS) is 14.8. The van der Waals surface area contributed by atoms with Gasteiger partial charge in [0.15, 0.2) is 0 Å². The van der Waals surface area contributed by atoms with Crippen LogP contribution in [0.1, 0.15) is 29.6 Å². The van der Waals surface area contributed by atoms with Crippen LogP contribution in [-0.2, 0) is 24.0 Å². The van der Waals surface area contributed by atoms with Crippen LogP contribution in [0.5, 0.6) is 0 Å². The molecule has 3 rings (SSSR count). The highest BCUT2D eigenvalue weighted by atomic mass is 35.5. The Balaban J connectivity index is 0.00000225. The van der Waals surface area contributed by atoms with Gasteiger partial charge in [-0.1, -0.05) is 30.3 Å². The lowest BCUT2D eigenvalue weighted by Gasteiger charge is -2.18. The predicted octanol–water partition coefficient (Wildman–Crippen LogP) is 2.62. The Morgan fingerprint density at radius 2 is 1.92 bits per heavy atom. The molecule has 2 heterocycles. The molecule has 25 heavy (non-hydrogen) atoms. The average Bonchev–Trinajstić information content (AvgIpc) is 2.81. The van der Waals surface area contributed by atoms with Crippen molar-refractivity contribution in [2.24, 2.45) is 0 Å². The zero-order valence-electron chi connectivity index (χ0n) is 14.9. The summed E-state index contributed by atoms with van der Waals surface area (Å²) in [7, 11) is 1.73. The molecule has 0 saturated carbocycles. The number of fused-ring (bicyclic) bond motifs is 1. The Bertz CT molecular complexity index is 666. The zero-order valence-corrected chi connectivity index (χ0v) is 15.7. The molecule has 6 heteroatoms. The number of methoxy groups -OCH3 is 1. The molecule has 0 amide bonds. The number of hydrogen-bond donors (Lipinski definition) is 2. The number of anilines is 1. The van der Waals surface area contributed by atoms with Crippen molar-refractivity contribution in [2.45, 2.75) is 32.2 Å². The molecular formula is C19H27ClN4O. The van der Waals surface area contributed by atoms with E-state index in [1.165, 1.54) is 16.8 Å². The summed E-state index contributed by atoms with van der Waals surface area (Å²) in [5.74, 6) is 1.85. The van der Waals surface area contributed by atoms with Crippen molar-refractivity contribution in [1.29, 1.82) is 0 Å². The van der Waals surface area contributed by atoms with Gasteiger partial charge in [0.2, 0.25) is 0 Å². The number of nitrogens with zero attached hydrogens (tertiary/aromatic N) is 2. The minimum Gasteiger partial charge on any atom is -0.383 e. The SMILES string of the molecule is COCC(C)Nc1nc(Cc2ccccc2)nc2c1CCNCC2.Cl. The molecule has 1 aromatic carbocycles. The summed E-state index contributed by atoms with van der Waals surface area (Å²) in [6.45, 7) is 4.72. The van der Waals surface area contributed by atoms with Crippen molar-refractivity contribution >= 4 is 18.2 Å². The van der Waals surface area contributed by atoms with Crippen molar-refractivity contribution in [2.75, 3.05) is 32.1 Å². The topological polar surface area (TPSA) is 59.1 Å². The molecule has 1 atom stereocenters. The highest BCUT2D eigenvalue weighted by Gasteiger charge is 2.18. The molecule has 0 saturated heterocycles. The van der Waals surface area contributed by atoms with Gasteiger partial charge in [-0.25, -0.2) is 9.97 Å². The van der Waals surface area contributed by atoms with Crippen LogP contribution in [-0.4, -0.2) is 42.8 Å². The van der Waals surface area contributed by atoms with Gasteiger partial charge in [-0.05, 0) is 25.5 Å². The molecule has 1 aliphatic rings. The standard InChI is InChI=1S/C19H26N4O.ClH/c1-14(13-24-2)21-19-16-8-10-20-11-9-17(16)22-18(23-19)12-15-6-4-3-5-7-15;/h3-7,14,20H,8-13H2,1-2H3,(H,21,22,23);1H. The van der Waals surface area contributed by atoms with Crippen LogP contribution in [0.4, 0.5) is 5.82 Å². The fourth-order valence-corrected chi connectivity index (χ4v) is 3.10. The van der Waals surface area contributed by atoms with E-state index in [4.69, 9.17) is 14.7 Å². The summed E-state index contributed by atoms with van der Waals surface area (Å²) in [5.41, 5.74) is 3.66. The van der Waals surface area contributed by atoms with Crippen molar-refractivity contribution in [3.05, 3.63) is 53.0 Å². The van der Waals surface area contributed by atoms with Crippen molar-refractivity contribution < 1.29 is 4.74 Å². The Kier molecular flexibility index (Phi) is 7.62. The molecule has 0 fully saturated rings. The van der Waals surface area contributed by atoms with Gasteiger partial charge in [0.25, 0.3) is 0 Å². The molecule has 0 bridgehead atoms. The van der Waals surface area contributed by atoms with Crippen LogP contribution in [0.25, 0.3) is 0 Å². The second kappa shape index (κ2) is 9.70. The smallest absolute Gasteiger partial charge is 0.135 e.